The molecule has 0 radical (unpaired) electrons. The number of thiazole rings is 1. The minimum atomic E-state index is 0.221. The van der Waals surface area contributed by atoms with Crippen molar-refractivity contribution in [3.05, 3.63) is 67.8 Å². The first-order valence-electron chi connectivity index (χ1n) is 7.63. The molecule has 118 valence electrons. The van der Waals surface area contributed by atoms with E-state index in [1.165, 1.54) is 21.0 Å². The molecular formula is C18H18N2OS2. The fourth-order valence-corrected chi connectivity index (χ4v) is 4.94. The summed E-state index contributed by atoms with van der Waals surface area (Å²) < 4.78 is 5.28. The normalized spacial score (nSPS) is 20.3. The number of fused-ring (bicyclic) bond motifs is 1. The molecule has 0 saturated carbocycles. The standard InChI is InChI=1S/C18H18N2OS2/c1-11-10-23-18(19-11)15-9-13-7-8-22-17(13)16(20-15)12-3-5-14(21-2)6-4-12/h3-8,10,15-16,20H,9H2,1-2H3/t15-,16-/m1/s1. The van der Waals surface area contributed by atoms with Gasteiger partial charge in [0.15, 0.2) is 0 Å². The van der Waals surface area contributed by atoms with Crippen LogP contribution in [-0.2, 0) is 6.42 Å². The maximum absolute atomic E-state index is 5.28. The molecule has 0 fully saturated rings. The molecule has 3 heterocycles. The van der Waals surface area contributed by atoms with Gasteiger partial charge in [-0.1, -0.05) is 12.1 Å². The molecule has 0 amide bonds. The monoisotopic (exact) mass is 342 g/mol. The smallest absolute Gasteiger partial charge is 0.118 e. The van der Waals surface area contributed by atoms with Gasteiger partial charge in [0.2, 0.25) is 0 Å². The first-order chi connectivity index (χ1) is 11.2. The molecule has 0 unspecified atom stereocenters. The van der Waals surface area contributed by atoms with Crippen molar-refractivity contribution in [2.24, 2.45) is 0 Å². The van der Waals surface area contributed by atoms with Crippen LogP contribution in [0.25, 0.3) is 0 Å². The summed E-state index contributed by atoms with van der Waals surface area (Å²) in [7, 11) is 1.70. The van der Waals surface area contributed by atoms with Crippen LogP contribution < -0.4 is 10.1 Å². The van der Waals surface area contributed by atoms with E-state index in [0.29, 0.717) is 0 Å². The molecule has 3 nitrogen and oxygen atoms in total. The molecule has 0 bridgehead atoms. The van der Waals surface area contributed by atoms with Gasteiger partial charge in [-0.05, 0) is 48.1 Å². The molecule has 0 spiro atoms. The Morgan fingerprint density at radius 1 is 1.17 bits per heavy atom. The minimum absolute atomic E-state index is 0.221. The van der Waals surface area contributed by atoms with Crippen LogP contribution in [0.1, 0.15) is 38.8 Å². The van der Waals surface area contributed by atoms with Crippen molar-refractivity contribution in [3.8, 4) is 5.75 Å². The Labute approximate surface area is 144 Å². The van der Waals surface area contributed by atoms with E-state index >= 15 is 0 Å². The number of methoxy groups -OCH3 is 1. The first-order valence-corrected chi connectivity index (χ1v) is 9.39. The summed E-state index contributed by atoms with van der Waals surface area (Å²) in [6.45, 7) is 2.06. The molecule has 1 N–H and O–H groups in total. The van der Waals surface area contributed by atoms with Crippen molar-refractivity contribution in [1.29, 1.82) is 0 Å². The van der Waals surface area contributed by atoms with E-state index in [4.69, 9.17) is 4.74 Å². The SMILES string of the molecule is COc1ccc([C@H]2N[C@@H](c3nc(C)cs3)Cc3ccsc32)cc1. The number of thiophene rings is 1. The Kier molecular flexibility index (Phi) is 3.93. The number of nitrogens with zero attached hydrogens (tertiary/aromatic N) is 1. The lowest BCUT2D eigenvalue weighted by atomic mass is 9.93. The highest BCUT2D eigenvalue weighted by molar-refractivity contribution is 7.10. The van der Waals surface area contributed by atoms with E-state index < -0.39 is 0 Å². The maximum atomic E-state index is 5.28. The first kappa shape index (κ1) is 14.9. The molecule has 0 aliphatic carbocycles. The fourth-order valence-electron chi connectivity index (χ4n) is 3.06. The summed E-state index contributed by atoms with van der Waals surface area (Å²) in [6.07, 6.45) is 1.01. The van der Waals surface area contributed by atoms with Gasteiger partial charge in [0, 0.05) is 16.0 Å². The number of ether oxygens (including phenoxy) is 1. The van der Waals surface area contributed by atoms with Crippen LogP contribution in [0.2, 0.25) is 0 Å². The zero-order chi connectivity index (χ0) is 15.8. The van der Waals surface area contributed by atoms with Gasteiger partial charge in [0.05, 0.1) is 19.2 Å². The summed E-state index contributed by atoms with van der Waals surface area (Å²) in [5, 5.41) is 9.30. The lowest BCUT2D eigenvalue weighted by Gasteiger charge is -2.30. The van der Waals surface area contributed by atoms with Gasteiger partial charge in [-0.25, -0.2) is 4.98 Å². The molecule has 1 aliphatic heterocycles. The van der Waals surface area contributed by atoms with E-state index in [9.17, 15) is 0 Å². The van der Waals surface area contributed by atoms with Crippen LogP contribution in [0.15, 0.2) is 41.1 Å². The number of aryl methyl sites for hydroxylation is 1. The molecule has 1 aromatic carbocycles. The lowest BCUT2D eigenvalue weighted by Crippen LogP contribution is -2.33. The third-order valence-electron chi connectivity index (χ3n) is 4.22. The maximum Gasteiger partial charge on any atom is 0.118 e. The van der Waals surface area contributed by atoms with E-state index in [-0.39, 0.29) is 12.1 Å². The molecule has 3 aromatic rings. The number of rotatable bonds is 3. The second kappa shape index (κ2) is 6.07. The average molecular weight is 342 g/mol. The lowest BCUT2D eigenvalue weighted by molar-refractivity contribution is 0.413. The molecule has 23 heavy (non-hydrogen) atoms. The van der Waals surface area contributed by atoms with Crippen LogP contribution >= 0.6 is 22.7 Å². The van der Waals surface area contributed by atoms with E-state index in [1.807, 2.05) is 23.5 Å². The van der Waals surface area contributed by atoms with Crippen molar-refractivity contribution in [1.82, 2.24) is 10.3 Å². The highest BCUT2D eigenvalue weighted by Gasteiger charge is 2.30. The summed E-state index contributed by atoms with van der Waals surface area (Å²) in [6, 6.07) is 11.1. The second-order valence-electron chi connectivity index (χ2n) is 5.77. The third kappa shape index (κ3) is 2.80. The quantitative estimate of drug-likeness (QED) is 0.761. The fraction of sp³-hybridized carbons (Fsp3) is 0.278. The Morgan fingerprint density at radius 2 is 2.00 bits per heavy atom. The van der Waals surface area contributed by atoms with Crippen LogP contribution in [0, 0.1) is 6.92 Å². The Balaban J connectivity index is 1.70. The highest BCUT2D eigenvalue weighted by atomic mass is 32.1. The molecule has 0 saturated heterocycles. The van der Waals surface area contributed by atoms with E-state index in [2.05, 4.69) is 46.2 Å². The number of benzene rings is 1. The van der Waals surface area contributed by atoms with Gasteiger partial charge >= 0.3 is 0 Å². The van der Waals surface area contributed by atoms with Gasteiger partial charge < -0.3 is 4.74 Å². The number of nitrogens with one attached hydrogen (secondary N) is 1. The molecule has 2 atom stereocenters. The zero-order valence-electron chi connectivity index (χ0n) is 13.1. The summed E-state index contributed by atoms with van der Waals surface area (Å²) in [5.74, 6) is 0.892. The van der Waals surface area contributed by atoms with Crippen LogP contribution in [0.3, 0.4) is 0 Å². The predicted molar refractivity (Wildman–Crippen MR) is 95.6 cm³/mol. The van der Waals surface area contributed by atoms with Gasteiger partial charge in [-0.15, -0.1) is 22.7 Å². The molecule has 4 rings (SSSR count). The highest BCUT2D eigenvalue weighted by Crippen LogP contribution is 2.39. The van der Waals surface area contributed by atoms with Gasteiger partial charge in [0.1, 0.15) is 10.8 Å². The molecule has 5 heteroatoms. The average Bonchev–Trinajstić information content (AvgIpc) is 3.22. The van der Waals surface area contributed by atoms with Crippen LogP contribution in [0.4, 0.5) is 0 Å². The van der Waals surface area contributed by atoms with Gasteiger partial charge in [0.25, 0.3) is 0 Å². The van der Waals surface area contributed by atoms with Crippen molar-refractivity contribution in [2.45, 2.75) is 25.4 Å². The van der Waals surface area contributed by atoms with Crippen molar-refractivity contribution < 1.29 is 4.74 Å². The predicted octanol–water partition coefficient (Wildman–Crippen LogP) is 4.50. The van der Waals surface area contributed by atoms with E-state index in [0.717, 1.165) is 17.9 Å². The van der Waals surface area contributed by atoms with Gasteiger partial charge in [-0.3, -0.25) is 5.32 Å². The Hall–Kier alpha value is -1.69. The number of aromatic nitrogens is 1. The van der Waals surface area contributed by atoms with Crippen LogP contribution in [-0.4, -0.2) is 12.1 Å². The number of hydrogen-bond acceptors (Lipinski definition) is 5. The number of hydrogen-bond donors (Lipinski definition) is 1. The van der Waals surface area contributed by atoms with Crippen molar-refractivity contribution >= 4 is 22.7 Å². The summed E-state index contributed by atoms with van der Waals surface area (Å²) in [5.41, 5.74) is 3.81. The topological polar surface area (TPSA) is 34.1 Å². The van der Waals surface area contributed by atoms with Crippen molar-refractivity contribution in [3.63, 3.8) is 0 Å². The van der Waals surface area contributed by atoms with Crippen molar-refractivity contribution in [2.75, 3.05) is 7.11 Å². The Bertz CT molecular complexity index is 807. The molecule has 1 aliphatic rings. The summed E-state index contributed by atoms with van der Waals surface area (Å²) >= 11 is 3.58. The summed E-state index contributed by atoms with van der Waals surface area (Å²) in [4.78, 5) is 6.10. The molecule has 2 aromatic heterocycles. The second-order valence-corrected chi connectivity index (χ2v) is 7.60. The van der Waals surface area contributed by atoms with Gasteiger partial charge in [-0.2, -0.15) is 0 Å². The largest absolute Gasteiger partial charge is 0.497 e. The van der Waals surface area contributed by atoms with Crippen LogP contribution in [0.5, 0.6) is 5.75 Å². The minimum Gasteiger partial charge on any atom is -0.497 e. The third-order valence-corrected chi connectivity index (χ3v) is 6.32. The molecular weight excluding hydrogens is 324 g/mol. The van der Waals surface area contributed by atoms with E-state index in [1.54, 1.807) is 18.4 Å². The zero-order valence-corrected chi connectivity index (χ0v) is 14.7. The Morgan fingerprint density at radius 3 is 2.70 bits per heavy atom.